The van der Waals surface area contributed by atoms with Gasteiger partial charge in [0.2, 0.25) is 0 Å². The van der Waals surface area contributed by atoms with Crippen LogP contribution in [-0.2, 0) is 16.5 Å². The Morgan fingerprint density at radius 1 is 0.931 bits per heavy atom. The Morgan fingerprint density at radius 2 is 1.59 bits per heavy atom. The fourth-order valence-electron chi connectivity index (χ4n) is 3.13. The van der Waals surface area contributed by atoms with Crippen molar-refractivity contribution in [2.45, 2.75) is 69.6 Å². The molecule has 0 heterocycles. The summed E-state index contributed by atoms with van der Waals surface area (Å²) in [6, 6.07) is 10.4. The molecule has 2 rings (SSSR count). The first-order valence-electron chi connectivity index (χ1n) is 9.95. The van der Waals surface area contributed by atoms with Crippen molar-refractivity contribution in [2.24, 2.45) is 0 Å². The average Bonchev–Trinajstić information content (AvgIpc) is 2.63. The van der Waals surface area contributed by atoms with Crippen molar-refractivity contribution >= 4 is 10.1 Å². The van der Waals surface area contributed by atoms with E-state index in [1.807, 2.05) is 0 Å². The maximum Gasteiger partial charge on any atom is 1.00 e. The second-order valence-corrected chi connectivity index (χ2v) is 8.45. The minimum Gasteiger partial charge on any atom is -0.872 e. The molecule has 2 aromatic carbocycles. The fourth-order valence-corrected chi connectivity index (χ4v) is 3.72. The van der Waals surface area contributed by atoms with Crippen molar-refractivity contribution in [3.63, 3.8) is 0 Å². The minimum atomic E-state index is -4.42. The molecule has 29 heavy (non-hydrogen) atoms. The van der Waals surface area contributed by atoms with Crippen LogP contribution in [0.4, 0.5) is 0 Å². The number of hydrogen-bond donors (Lipinski definition) is 1. The van der Waals surface area contributed by atoms with Gasteiger partial charge in [0.1, 0.15) is 16.4 Å². The zero-order valence-electron chi connectivity index (χ0n) is 17.4. The number of aryl methyl sites for hydroxylation is 1. The first-order valence-corrected chi connectivity index (χ1v) is 11.4. The van der Waals surface area contributed by atoms with Gasteiger partial charge < -0.3 is 9.84 Å². The minimum absolute atomic E-state index is 0. The van der Waals surface area contributed by atoms with Crippen LogP contribution in [0.15, 0.2) is 47.4 Å². The number of hydrogen-bond acceptors (Lipinski definition) is 4. The third-order valence-electron chi connectivity index (χ3n) is 4.64. The quantitative estimate of drug-likeness (QED) is 0.309. The van der Waals surface area contributed by atoms with Gasteiger partial charge in [-0.25, -0.2) is 0 Å². The van der Waals surface area contributed by atoms with Gasteiger partial charge in [-0.05, 0) is 42.7 Å². The van der Waals surface area contributed by atoms with Gasteiger partial charge in [-0.1, -0.05) is 70.1 Å². The van der Waals surface area contributed by atoms with Gasteiger partial charge in [0.15, 0.2) is 0 Å². The van der Waals surface area contributed by atoms with Crippen LogP contribution in [0, 0.1) is 0 Å². The molecule has 7 heteroatoms. The molecule has 0 radical (unpaired) electrons. The van der Waals surface area contributed by atoms with Crippen LogP contribution >= 0.6 is 0 Å². The van der Waals surface area contributed by atoms with E-state index in [9.17, 15) is 18.1 Å². The number of benzene rings is 2. The summed E-state index contributed by atoms with van der Waals surface area (Å²) in [5.41, 5.74) is 0.937. The molecule has 0 aliphatic heterocycles. The first kappa shape index (κ1) is 26.6. The molecule has 0 aliphatic carbocycles. The second-order valence-electron chi connectivity index (χ2n) is 7.06. The van der Waals surface area contributed by atoms with Gasteiger partial charge >= 0.3 is 51.4 Å². The van der Waals surface area contributed by atoms with Crippen molar-refractivity contribution in [1.82, 2.24) is 0 Å². The van der Waals surface area contributed by atoms with Crippen molar-refractivity contribution in [2.75, 3.05) is 0 Å². The second kappa shape index (κ2) is 13.8. The predicted octanol–water partition coefficient (Wildman–Crippen LogP) is 2.49. The van der Waals surface area contributed by atoms with Crippen LogP contribution in [0.1, 0.15) is 63.9 Å². The number of ether oxygens (including phenoxy) is 1. The van der Waals surface area contributed by atoms with Crippen LogP contribution in [0.2, 0.25) is 0 Å². The summed E-state index contributed by atoms with van der Waals surface area (Å²) >= 11 is 0. The normalized spacial score (nSPS) is 11.1. The van der Waals surface area contributed by atoms with E-state index in [1.54, 1.807) is 18.2 Å². The van der Waals surface area contributed by atoms with E-state index in [1.165, 1.54) is 62.8 Å². The molecule has 0 saturated heterocycles. The summed E-state index contributed by atoms with van der Waals surface area (Å²) in [5.74, 6) is 0.0350. The predicted molar refractivity (Wildman–Crippen MR) is 109 cm³/mol. The van der Waals surface area contributed by atoms with E-state index in [2.05, 4.69) is 6.92 Å². The van der Waals surface area contributed by atoms with Gasteiger partial charge in [-0.2, -0.15) is 8.42 Å². The molecule has 0 saturated carbocycles. The van der Waals surface area contributed by atoms with Crippen LogP contribution < -0.4 is 61.2 Å². The molecule has 0 spiro atoms. The van der Waals surface area contributed by atoms with Gasteiger partial charge in [0.05, 0.1) is 0 Å². The summed E-state index contributed by atoms with van der Waals surface area (Å²) in [7, 11) is -4.42. The molecule has 0 bridgehead atoms. The third kappa shape index (κ3) is 9.96. The Balaban J connectivity index is 0.00000420. The van der Waals surface area contributed by atoms with Crippen molar-refractivity contribution in [3.8, 4) is 17.2 Å². The van der Waals surface area contributed by atoms with Crippen LogP contribution in [0.3, 0.4) is 0 Å². The Morgan fingerprint density at radius 3 is 2.21 bits per heavy atom. The summed E-state index contributed by atoms with van der Waals surface area (Å²) in [5, 5.41) is 11.5. The van der Waals surface area contributed by atoms with Crippen LogP contribution in [0.25, 0.3) is 0 Å². The maximum absolute atomic E-state index is 11.6. The first-order chi connectivity index (χ1) is 13.4. The number of rotatable bonds is 12. The molecular weight excluding hydrogens is 415 g/mol. The maximum atomic E-state index is 11.6. The van der Waals surface area contributed by atoms with Gasteiger partial charge in [0, 0.05) is 0 Å². The standard InChI is InChI=1S/C22H30O5S.K/c1-2-3-4-5-6-7-8-9-11-18-14-15-22(28(24,25)26)21(16-18)27-20-13-10-12-19(23)17-20;/h10,12-17,23H,2-9,11H2,1H3,(H,24,25,26);/q;+1/p-1. The molecule has 2 aromatic rings. The Bertz CT molecular complexity index is 852. The molecule has 0 atom stereocenters. The van der Waals surface area contributed by atoms with Crippen LogP contribution in [-0.4, -0.2) is 13.0 Å². The zero-order valence-corrected chi connectivity index (χ0v) is 21.3. The monoisotopic (exact) mass is 444 g/mol. The molecule has 154 valence electrons. The summed E-state index contributed by atoms with van der Waals surface area (Å²) < 4.78 is 38.3. The van der Waals surface area contributed by atoms with E-state index in [-0.39, 0.29) is 73.5 Å². The van der Waals surface area contributed by atoms with E-state index < -0.39 is 10.1 Å². The molecule has 0 aliphatic rings. The third-order valence-corrected chi connectivity index (χ3v) is 5.53. The van der Waals surface area contributed by atoms with E-state index in [0.717, 1.165) is 24.8 Å². The SMILES string of the molecule is CCCCCCCCCCc1ccc(S(=O)(=O)O)c(Oc2cccc([O-])c2)c1.[K+]. The number of unbranched alkanes of at least 4 members (excludes halogenated alkanes) is 7. The molecule has 5 nitrogen and oxygen atoms in total. The van der Waals surface area contributed by atoms with E-state index in [4.69, 9.17) is 4.74 Å². The molecule has 0 fully saturated rings. The summed E-state index contributed by atoms with van der Waals surface area (Å²) in [6.45, 7) is 2.21. The van der Waals surface area contributed by atoms with Crippen molar-refractivity contribution in [3.05, 3.63) is 48.0 Å². The Kier molecular flexibility index (Phi) is 12.7. The zero-order chi connectivity index (χ0) is 20.4. The Hall–Kier alpha value is -0.414. The van der Waals surface area contributed by atoms with Gasteiger partial charge in [-0.15, -0.1) is 5.75 Å². The average molecular weight is 445 g/mol. The molecule has 0 unspecified atom stereocenters. The van der Waals surface area contributed by atoms with Crippen molar-refractivity contribution < 1.29 is 74.2 Å². The molecule has 0 aromatic heterocycles. The van der Waals surface area contributed by atoms with Gasteiger partial charge in [0.25, 0.3) is 10.1 Å². The molecule has 1 N–H and O–H groups in total. The topological polar surface area (TPSA) is 86.7 Å². The largest absolute Gasteiger partial charge is 1.00 e. The van der Waals surface area contributed by atoms with Crippen molar-refractivity contribution in [1.29, 1.82) is 0 Å². The molecular formula is C22H29KO5S. The van der Waals surface area contributed by atoms with Crippen LogP contribution in [0.5, 0.6) is 17.2 Å². The fraction of sp³-hybridized carbons (Fsp3) is 0.455. The Labute approximate surface area is 217 Å². The summed E-state index contributed by atoms with van der Waals surface area (Å²) in [6.07, 6.45) is 10.5. The smallest absolute Gasteiger partial charge is 0.872 e. The van der Waals surface area contributed by atoms with Gasteiger partial charge in [-0.3, -0.25) is 4.55 Å². The molecule has 0 amide bonds. The van der Waals surface area contributed by atoms with E-state index in [0.29, 0.717) is 0 Å². The summed E-state index contributed by atoms with van der Waals surface area (Å²) in [4.78, 5) is -0.302. The van der Waals surface area contributed by atoms with E-state index >= 15 is 0 Å².